The maximum atomic E-state index is 9.43. The Hall–Kier alpha value is -0.380. The molecular weight excluding hydrogens is 152 g/mol. The number of hydrogen-bond acceptors (Lipinski definition) is 3. The molecule has 1 unspecified atom stereocenters. The van der Waals surface area contributed by atoms with Gasteiger partial charge < -0.3 is 10.4 Å². The summed E-state index contributed by atoms with van der Waals surface area (Å²) < 4.78 is 0. The Balaban J connectivity index is 2.30. The van der Waals surface area contributed by atoms with Crippen molar-refractivity contribution in [3.63, 3.8) is 0 Å². The lowest BCUT2D eigenvalue weighted by Crippen LogP contribution is -2.32. The van der Waals surface area contributed by atoms with Gasteiger partial charge in [0.05, 0.1) is 6.10 Å². The third kappa shape index (κ3) is 3.34. The minimum atomic E-state index is -0.210. The van der Waals surface area contributed by atoms with E-state index in [-0.39, 0.29) is 6.10 Å². The van der Waals surface area contributed by atoms with Crippen molar-refractivity contribution >= 4 is 0 Å². The molecule has 1 aliphatic heterocycles. The van der Waals surface area contributed by atoms with Gasteiger partial charge in [-0.15, -0.1) is 0 Å². The molecule has 0 aromatic heterocycles. The van der Waals surface area contributed by atoms with Crippen molar-refractivity contribution in [2.75, 3.05) is 32.7 Å². The van der Waals surface area contributed by atoms with Crippen LogP contribution in [-0.4, -0.2) is 48.8 Å². The van der Waals surface area contributed by atoms with Crippen LogP contribution in [0.2, 0.25) is 0 Å². The minimum absolute atomic E-state index is 0.210. The molecule has 0 bridgehead atoms. The number of β-amino-alcohol motifs (C(OH)–C–C–N with tert-alkyl or cyclic N) is 1. The summed E-state index contributed by atoms with van der Waals surface area (Å²) in [4.78, 5) is 2.25. The van der Waals surface area contributed by atoms with E-state index in [4.69, 9.17) is 0 Å². The summed E-state index contributed by atoms with van der Waals surface area (Å²) in [6.07, 6.45) is 3.96. The van der Waals surface area contributed by atoms with Gasteiger partial charge in [0.1, 0.15) is 0 Å². The van der Waals surface area contributed by atoms with E-state index in [1.54, 1.807) is 0 Å². The molecule has 70 valence electrons. The van der Waals surface area contributed by atoms with Gasteiger partial charge in [0, 0.05) is 32.7 Å². The lowest BCUT2D eigenvalue weighted by atomic mass is 10.3. The number of rotatable bonds is 2. The molecule has 0 spiro atoms. The molecule has 3 nitrogen and oxygen atoms in total. The van der Waals surface area contributed by atoms with Crippen molar-refractivity contribution in [1.29, 1.82) is 0 Å². The summed E-state index contributed by atoms with van der Waals surface area (Å²) in [5, 5.41) is 12.6. The minimum Gasteiger partial charge on any atom is -0.390 e. The van der Waals surface area contributed by atoms with Crippen molar-refractivity contribution in [3.05, 3.63) is 12.2 Å². The highest BCUT2D eigenvalue weighted by Crippen LogP contribution is 1.96. The number of nitrogens with one attached hydrogen (secondary N) is 1. The van der Waals surface area contributed by atoms with Crippen LogP contribution in [0.25, 0.3) is 0 Å². The van der Waals surface area contributed by atoms with E-state index in [1.165, 1.54) is 0 Å². The Labute approximate surface area is 74.1 Å². The van der Waals surface area contributed by atoms with Gasteiger partial charge in [0.15, 0.2) is 0 Å². The average molecular weight is 170 g/mol. The molecule has 1 atom stereocenters. The first kappa shape index (κ1) is 9.71. The summed E-state index contributed by atoms with van der Waals surface area (Å²) >= 11 is 0. The number of hydrogen-bond donors (Lipinski definition) is 2. The predicted molar refractivity (Wildman–Crippen MR) is 50.1 cm³/mol. The summed E-state index contributed by atoms with van der Waals surface area (Å²) in [7, 11) is 0. The molecule has 0 amide bonds. The van der Waals surface area contributed by atoms with Gasteiger partial charge in [0.25, 0.3) is 0 Å². The molecule has 0 aliphatic carbocycles. The van der Waals surface area contributed by atoms with Crippen LogP contribution < -0.4 is 5.32 Å². The number of nitrogens with zero attached hydrogens (tertiary/aromatic N) is 1. The first-order valence-electron chi connectivity index (χ1n) is 4.55. The molecule has 0 aromatic rings. The maximum Gasteiger partial charge on any atom is 0.0791 e. The van der Waals surface area contributed by atoms with Gasteiger partial charge in [-0.25, -0.2) is 0 Å². The fourth-order valence-corrected chi connectivity index (χ4v) is 1.38. The predicted octanol–water partition coefficient (Wildman–Crippen LogP) is -0.171. The van der Waals surface area contributed by atoms with Gasteiger partial charge in [-0.3, -0.25) is 4.90 Å². The normalized spacial score (nSPS) is 27.7. The highest BCUT2D eigenvalue weighted by Gasteiger charge is 2.13. The molecule has 0 saturated carbocycles. The average Bonchev–Trinajstić information content (AvgIpc) is 2.26. The van der Waals surface area contributed by atoms with Gasteiger partial charge in [-0.2, -0.15) is 0 Å². The molecule has 1 saturated heterocycles. The monoisotopic (exact) mass is 170 g/mol. The Morgan fingerprint density at radius 1 is 1.67 bits per heavy atom. The van der Waals surface area contributed by atoms with Crippen LogP contribution in [0.3, 0.4) is 0 Å². The Morgan fingerprint density at radius 3 is 3.25 bits per heavy atom. The Bertz CT molecular complexity index is 147. The number of aliphatic hydroxyl groups is 1. The van der Waals surface area contributed by atoms with Crippen LogP contribution in [0.4, 0.5) is 0 Å². The zero-order chi connectivity index (χ0) is 8.81. The van der Waals surface area contributed by atoms with Crippen molar-refractivity contribution in [3.8, 4) is 0 Å². The third-order valence-corrected chi connectivity index (χ3v) is 2.05. The second-order valence-electron chi connectivity index (χ2n) is 3.19. The summed E-state index contributed by atoms with van der Waals surface area (Å²) in [6.45, 7) is 6.50. The SMILES string of the molecule is C/C=C/CN1CCNCC(O)C1. The molecular formula is C9H18N2O. The van der Waals surface area contributed by atoms with Crippen LogP contribution in [-0.2, 0) is 0 Å². The van der Waals surface area contributed by atoms with Crippen molar-refractivity contribution < 1.29 is 5.11 Å². The number of aliphatic hydroxyl groups excluding tert-OH is 1. The van der Waals surface area contributed by atoms with Crippen LogP contribution in [0, 0.1) is 0 Å². The van der Waals surface area contributed by atoms with E-state index < -0.39 is 0 Å². The Morgan fingerprint density at radius 2 is 2.50 bits per heavy atom. The standard InChI is InChI=1S/C9H18N2O/c1-2-3-5-11-6-4-10-7-9(12)8-11/h2-3,9-10,12H,4-8H2,1H3/b3-2+. The van der Waals surface area contributed by atoms with E-state index in [9.17, 15) is 5.11 Å². The summed E-state index contributed by atoms with van der Waals surface area (Å²) in [5.41, 5.74) is 0. The van der Waals surface area contributed by atoms with E-state index in [0.29, 0.717) is 0 Å². The Kier molecular flexibility index (Phi) is 4.29. The zero-order valence-corrected chi connectivity index (χ0v) is 7.66. The van der Waals surface area contributed by atoms with Gasteiger partial charge >= 0.3 is 0 Å². The van der Waals surface area contributed by atoms with Gasteiger partial charge in [-0.1, -0.05) is 12.2 Å². The molecule has 1 aliphatic rings. The van der Waals surface area contributed by atoms with Gasteiger partial charge in [-0.05, 0) is 6.92 Å². The van der Waals surface area contributed by atoms with Crippen LogP contribution in [0.1, 0.15) is 6.92 Å². The lowest BCUT2D eigenvalue weighted by Gasteiger charge is -2.18. The van der Waals surface area contributed by atoms with E-state index in [0.717, 1.165) is 32.7 Å². The topological polar surface area (TPSA) is 35.5 Å². The smallest absolute Gasteiger partial charge is 0.0791 e. The van der Waals surface area contributed by atoms with E-state index in [1.807, 2.05) is 13.0 Å². The first-order valence-corrected chi connectivity index (χ1v) is 4.55. The van der Waals surface area contributed by atoms with Crippen molar-refractivity contribution in [2.24, 2.45) is 0 Å². The largest absolute Gasteiger partial charge is 0.390 e. The fraction of sp³-hybridized carbons (Fsp3) is 0.778. The zero-order valence-electron chi connectivity index (χ0n) is 7.66. The van der Waals surface area contributed by atoms with Crippen molar-refractivity contribution in [2.45, 2.75) is 13.0 Å². The number of allylic oxidation sites excluding steroid dienone is 1. The molecule has 12 heavy (non-hydrogen) atoms. The second-order valence-corrected chi connectivity index (χ2v) is 3.19. The van der Waals surface area contributed by atoms with Crippen LogP contribution in [0.15, 0.2) is 12.2 Å². The van der Waals surface area contributed by atoms with E-state index >= 15 is 0 Å². The highest BCUT2D eigenvalue weighted by molar-refractivity contribution is 4.83. The van der Waals surface area contributed by atoms with E-state index in [2.05, 4.69) is 16.3 Å². The van der Waals surface area contributed by atoms with Crippen molar-refractivity contribution in [1.82, 2.24) is 10.2 Å². The fourth-order valence-electron chi connectivity index (χ4n) is 1.38. The van der Waals surface area contributed by atoms with Crippen LogP contribution >= 0.6 is 0 Å². The lowest BCUT2D eigenvalue weighted by molar-refractivity contribution is 0.136. The summed E-state index contributed by atoms with van der Waals surface area (Å²) in [5.74, 6) is 0. The van der Waals surface area contributed by atoms with Gasteiger partial charge in [0.2, 0.25) is 0 Å². The maximum absolute atomic E-state index is 9.43. The molecule has 0 aromatic carbocycles. The quantitative estimate of drug-likeness (QED) is 0.565. The second kappa shape index (κ2) is 5.30. The molecule has 1 rings (SSSR count). The first-order chi connectivity index (χ1) is 5.83. The highest BCUT2D eigenvalue weighted by atomic mass is 16.3. The molecule has 2 N–H and O–H groups in total. The molecule has 3 heteroatoms. The molecule has 1 heterocycles. The third-order valence-electron chi connectivity index (χ3n) is 2.05. The molecule has 0 radical (unpaired) electrons. The van der Waals surface area contributed by atoms with Crippen LogP contribution in [0.5, 0.6) is 0 Å². The summed E-state index contributed by atoms with van der Waals surface area (Å²) in [6, 6.07) is 0. The molecule has 1 fully saturated rings.